The molecule has 0 aromatic rings. The Balaban J connectivity index is 0. The molecule has 3 heteroatoms. The van der Waals surface area contributed by atoms with Gasteiger partial charge >= 0.3 is 23.9 Å². The molecule has 0 spiro atoms. The fourth-order valence-corrected chi connectivity index (χ4v) is 2.43. The van der Waals surface area contributed by atoms with Crippen molar-refractivity contribution in [2.75, 3.05) is 39.3 Å². The molecule has 2 nitrogen and oxygen atoms in total. The second-order valence-electron chi connectivity index (χ2n) is 5.20. The van der Waals surface area contributed by atoms with E-state index in [4.69, 9.17) is 0 Å². The van der Waals surface area contributed by atoms with Crippen molar-refractivity contribution in [3.63, 3.8) is 0 Å². The summed E-state index contributed by atoms with van der Waals surface area (Å²) in [5.41, 5.74) is 0. The van der Waals surface area contributed by atoms with Crippen LogP contribution in [-0.4, -0.2) is 73.0 Å². The number of nitrogens with zero attached hydrogens (tertiary/aromatic N) is 2. The quantitative estimate of drug-likeness (QED) is 0.484. The predicted molar refractivity (Wildman–Crippen MR) is 91.4 cm³/mol. The van der Waals surface area contributed by atoms with E-state index in [0.717, 1.165) is 0 Å². The molecule has 0 amide bonds. The maximum absolute atomic E-state index is 4.30. The van der Waals surface area contributed by atoms with E-state index in [9.17, 15) is 0 Å². The minimum atomic E-state index is 0. The normalized spacial score (nSPS) is 11.4. The second-order valence-corrected chi connectivity index (χ2v) is 5.20. The molecule has 3 radical (unpaired) electrons. The molecular formula is C16H37N2Sn. The Bertz CT molecular complexity index is 150. The summed E-state index contributed by atoms with van der Waals surface area (Å²) < 4.78 is 0. The van der Waals surface area contributed by atoms with Gasteiger partial charge in [0.1, 0.15) is 0 Å². The zero-order chi connectivity index (χ0) is 13.8. The van der Waals surface area contributed by atoms with E-state index in [1.54, 1.807) is 0 Å². The van der Waals surface area contributed by atoms with Gasteiger partial charge in [-0.3, -0.25) is 0 Å². The van der Waals surface area contributed by atoms with Gasteiger partial charge in [0.05, 0.1) is 0 Å². The first-order chi connectivity index (χ1) is 8.67. The van der Waals surface area contributed by atoms with Gasteiger partial charge in [0, 0.05) is 0 Å². The molecule has 0 rings (SSSR count). The molecule has 0 saturated heterocycles. The third-order valence-corrected chi connectivity index (χ3v) is 3.96. The van der Waals surface area contributed by atoms with Crippen LogP contribution in [0, 0.1) is 12.8 Å². The van der Waals surface area contributed by atoms with Crippen molar-refractivity contribution in [1.82, 2.24) is 9.80 Å². The first kappa shape index (κ1) is 22.0. The van der Waals surface area contributed by atoms with Gasteiger partial charge in [-0.05, 0) is 70.9 Å². The van der Waals surface area contributed by atoms with E-state index >= 15 is 0 Å². The summed E-state index contributed by atoms with van der Waals surface area (Å²) >= 11 is 0. The van der Waals surface area contributed by atoms with Crippen LogP contribution in [-0.2, 0) is 0 Å². The Morgan fingerprint density at radius 1 is 0.737 bits per heavy atom. The number of hydrogen-bond donors (Lipinski definition) is 0. The topological polar surface area (TPSA) is 6.48 Å². The van der Waals surface area contributed by atoms with Crippen molar-refractivity contribution < 1.29 is 0 Å². The Hall–Kier alpha value is 0.719. The Morgan fingerprint density at radius 2 is 1.05 bits per heavy atom. The van der Waals surface area contributed by atoms with Crippen molar-refractivity contribution >= 4 is 23.9 Å². The molecule has 0 saturated carbocycles. The molecule has 0 N–H and O–H groups in total. The van der Waals surface area contributed by atoms with E-state index in [2.05, 4.69) is 44.4 Å². The van der Waals surface area contributed by atoms with E-state index in [1.165, 1.54) is 65.0 Å². The van der Waals surface area contributed by atoms with E-state index in [0.29, 0.717) is 5.92 Å². The van der Waals surface area contributed by atoms with Crippen molar-refractivity contribution in [3.8, 4) is 0 Å². The van der Waals surface area contributed by atoms with Crippen LogP contribution in [0.3, 0.4) is 0 Å². The summed E-state index contributed by atoms with van der Waals surface area (Å²) in [6.45, 7) is 20.5. The van der Waals surface area contributed by atoms with Crippen molar-refractivity contribution in [3.05, 3.63) is 6.92 Å². The van der Waals surface area contributed by atoms with Gasteiger partial charge in [-0.1, -0.05) is 34.6 Å². The van der Waals surface area contributed by atoms with E-state index < -0.39 is 0 Å². The average Bonchev–Trinajstić information content (AvgIpc) is 2.40. The second kappa shape index (κ2) is 15.1. The zero-order valence-electron chi connectivity index (χ0n) is 14.0. The van der Waals surface area contributed by atoms with E-state index in [-0.39, 0.29) is 23.9 Å². The molecule has 0 aliphatic heterocycles. The Kier molecular flexibility index (Phi) is 17.5. The molecule has 0 aliphatic rings. The van der Waals surface area contributed by atoms with Crippen LogP contribution in [0.1, 0.15) is 53.4 Å². The van der Waals surface area contributed by atoms with E-state index in [1.807, 2.05) is 0 Å². The molecule has 0 atom stereocenters. The van der Waals surface area contributed by atoms with Crippen molar-refractivity contribution in [2.24, 2.45) is 5.92 Å². The van der Waals surface area contributed by atoms with Gasteiger partial charge in [-0.25, -0.2) is 0 Å². The van der Waals surface area contributed by atoms with Crippen molar-refractivity contribution in [1.29, 1.82) is 0 Å². The van der Waals surface area contributed by atoms with Crippen LogP contribution in [0.5, 0.6) is 0 Å². The summed E-state index contributed by atoms with van der Waals surface area (Å²) in [6.07, 6.45) is 5.19. The van der Waals surface area contributed by atoms with Crippen LogP contribution >= 0.6 is 0 Å². The van der Waals surface area contributed by atoms with Crippen LogP contribution in [0.2, 0.25) is 0 Å². The zero-order valence-corrected chi connectivity index (χ0v) is 18.0. The third kappa shape index (κ3) is 12.2. The molecule has 0 aliphatic carbocycles. The van der Waals surface area contributed by atoms with Crippen LogP contribution in [0.25, 0.3) is 0 Å². The van der Waals surface area contributed by atoms with Crippen LogP contribution in [0.15, 0.2) is 0 Å². The molecule has 0 bridgehead atoms. The Morgan fingerprint density at radius 3 is 1.32 bits per heavy atom. The molecular weight excluding hydrogens is 339 g/mol. The van der Waals surface area contributed by atoms with Gasteiger partial charge < -0.3 is 9.80 Å². The summed E-state index contributed by atoms with van der Waals surface area (Å²) in [5.74, 6) is 0.649. The summed E-state index contributed by atoms with van der Waals surface area (Å²) in [4.78, 5) is 5.01. The number of hydrogen-bond acceptors (Lipinski definition) is 2. The summed E-state index contributed by atoms with van der Waals surface area (Å²) in [5, 5.41) is 0. The van der Waals surface area contributed by atoms with Crippen molar-refractivity contribution in [2.45, 2.75) is 53.4 Å². The molecule has 0 fully saturated rings. The van der Waals surface area contributed by atoms with Crippen LogP contribution < -0.4 is 0 Å². The average molecular weight is 376 g/mol. The van der Waals surface area contributed by atoms with Gasteiger partial charge in [0.25, 0.3) is 0 Å². The van der Waals surface area contributed by atoms with Crippen LogP contribution in [0.4, 0.5) is 0 Å². The third-order valence-electron chi connectivity index (χ3n) is 3.96. The first-order valence-electron chi connectivity index (χ1n) is 7.95. The van der Waals surface area contributed by atoms with Gasteiger partial charge in [-0.15, -0.1) is 0 Å². The summed E-state index contributed by atoms with van der Waals surface area (Å²) in [7, 11) is 0. The standard InChI is InChI=1S/C16H35N2.Sn.2H/c1-6-17(7-2)14-10-12-16(5)13-11-15-18(8-3)9-4;;;/h16H,5-15H2,1-4H3;;;. The molecule has 0 aromatic carbocycles. The van der Waals surface area contributed by atoms with Gasteiger partial charge in [0.2, 0.25) is 0 Å². The maximum atomic E-state index is 4.30. The monoisotopic (exact) mass is 377 g/mol. The SMILES string of the molecule is [CH2]C(CCCN(CC)CC)CCCN(CC)CC.[SnH2]. The van der Waals surface area contributed by atoms with Gasteiger partial charge in [-0.2, -0.15) is 0 Å². The molecule has 0 aromatic heterocycles. The summed E-state index contributed by atoms with van der Waals surface area (Å²) in [6, 6.07) is 0. The Labute approximate surface area is 139 Å². The van der Waals surface area contributed by atoms with Gasteiger partial charge in [0.15, 0.2) is 0 Å². The minimum absolute atomic E-state index is 0. The fourth-order valence-electron chi connectivity index (χ4n) is 2.43. The molecule has 0 heterocycles. The predicted octanol–water partition coefficient (Wildman–Crippen LogP) is 2.76. The molecule has 0 unspecified atom stereocenters. The fraction of sp³-hybridized carbons (Fsp3) is 0.938. The molecule has 19 heavy (non-hydrogen) atoms. The first-order valence-corrected chi connectivity index (χ1v) is 7.95. The number of rotatable bonds is 12. The molecule has 115 valence electrons.